The lowest BCUT2D eigenvalue weighted by Gasteiger charge is -2.06. The van der Waals surface area contributed by atoms with E-state index in [-0.39, 0.29) is 16.5 Å². The predicted molar refractivity (Wildman–Crippen MR) is 72.8 cm³/mol. The fourth-order valence-corrected chi connectivity index (χ4v) is 2.54. The Hall–Kier alpha value is -2.68. The number of hydrogen-bond donors (Lipinski definition) is 1. The van der Waals surface area contributed by atoms with Crippen LogP contribution in [0.15, 0.2) is 40.5 Å². The van der Waals surface area contributed by atoms with Crippen molar-refractivity contribution in [3.05, 3.63) is 46.3 Å². The first-order chi connectivity index (χ1) is 10.0. The average molecular weight is 307 g/mol. The fraction of sp³-hybridized carbons (Fsp3) is 0.0833. The van der Waals surface area contributed by atoms with Crippen LogP contribution < -0.4 is 4.74 Å². The maximum Gasteiger partial charge on any atom is 0.363 e. The van der Waals surface area contributed by atoms with Gasteiger partial charge in [-0.2, -0.15) is 4.98 Å². The summed E-state index contributed by atoms with van der Waals surface area (Å²) in [6.45, 7) is 0. The molecule has 0 aliphatic carbocycles. The van der Waals surface area contributed by atoms with Gasteiger partial charge in [-0.3, -0.25) is 10.1 Å². The fourth-order valence-electron chi connectivity index (χ4n) is 1.56. The molecule has 1 N–H and O–H groups in total. The first-order valence-corrected chi connectivity index (χ1v) is 6.39. The first-order valence-electron chi connectivity index (χ1n) is 5.58. The molecular formula is C12H9N3O5S. The zero-order valence-electron chi connectivity index (χ0n) is 10.7. The van der Waals surface area contributed by atoms with E-state index in [2.05, 4.69) is 9.97 Å². The largest absolute Gasteiger partial charge is 0.478 e. The summed E-state index contributed by atoms with van der Waals surface area (Å²) in [4.78, 5) is 29.5. The predicted octanol–water partition coefficient (Wildman–Crippen LogP) is 2.24. The molecule has 1 aromatic carbocycles. The van der Waals surface area contributed by atoms with Gasteiger partial charge in [0, 0.05) is 4.90 Å². The van der Waals surface area contributed by atoms with Crippen LogP contribution in [-0.4, -0.2) is 33.1 Å². The van der Waals surface area contributed by atoms with Gasteiger partial charge in [0.05, 0.1) is 17.6 Å². The van der Waals surface area contributed by atoms with E-state index >= 15 is 0 Å². The zero-order valence-corrected chi connectivity index (χ0v) is 11.5. The van der Waals surface area contributed by atoms with Crippen molar-refractivity contribution in [2.45, 2.75) is 9.92 Å². The Morgan fingerprint density at radius 3 is 2.71 bits per heavy atom. The quantitative estimate of drug-likeness (QED) is 0.508. The lowest BCUT2D eigenvalue weighted by atomic mass is 10.2. The van der Waals surface area contributed by atoms with Crippen LogP contribution in [0.3, 0.4) is 0 Å². The summed E-state index contributed by atoms with van der Waals surface area (Å²) in [5.74, 6) is -1.30. The Balaban J connectivity index is 2.50. The molecule has 108 valence electrons. The molecule has 1 aromatic heterocycles. The molecular weight excluding hydrogens is 298 g/mol. The van der Waals surface area contributed by atoms with Crippen LogP contribution in [0.2, 0.25) is 0 Å². The number of carboxylic acid groups (broad SMARTS) is 1. The lowest BCUT2D eigenvalue weighted by Crippen LogP contribution is -2.01. The molecule has 9 heteroatoms. The van der Waals surface area contributed by atoms with Crippen molar-refractivity contribution in [1.82, 2.24) is 9.97 Å². The van der Waals surface area contributed by atoms with Gasteiger partial charge in [0.1, 0.15) is 6.33 Å². The molecule has 0 amide bonds. The number of aromatic carboxylic acids is 1. The highest BCUT2D eigenvalue weighted by atomic mass is 32.2. The Morgan fingerprint density at radius 2 is 2.10 bits per heavy atom. The molecule has 0 bridgehead atoms. The number of rotatable bonds is 5. The monoisotopic (exact) mass is 307 g/mol. The molecule has 0 saturated carbocycles. The van der Waals surface area contributed by atoms with Crippen LogP contribution >= 0.6 is 11.8 Å². The second-order valence-corrected chi connectivity index (χ2v) is 4.73. The van der Waals surface area contributed by atoms with E-state index < -0.39 is 16.6 Å². The summed E-state index contributed by atoms with van der Waals surface area (Å²) in [6.07, 6.45) is 1.12. The molecule has 1 heterocycles. The molecule has 0 aliphatic heterocycles. The van der Waals surface area contributed by atoms with Gasteiger partial charge in [0.2, 0.25) is 0 Å². The molecule has 21 heavy (non-hydrogen) atoms. The second-order valence-electron chi connectivity index (χ2n) is 3.70. The van der Waals surface area contributed by atoms with Crippen molar-refractivity contribution >= 4 is 23.4 Å². The van der Waals surface area contributed by atoms with Crippen molar-refractivity contribution < 1.29 is 19.6 Å². The van der Waals surface area contributed by atoms with Crippen LogP contribution in [0.4, 0.5) is 5.69 Å². The molecule has 0 fully saturated rings. The molecule has 0 unspecified atom stereocenters. The first kappa shape index (κ1) is 14.7. The Kier molecular flexibility index (Phi) is 4.33. The molecule has 0 aliphatic rings. The third-order valence-corrected chi connectivity index (χ3v) is 3.52. The molecule has 8 nitrogen and oxygen atoms in total. The van der Waals surface area contributed by atoms with Crippen molar-refractivity contribution in [1.29, 1.82) is 0 Å². The van der Waals surface area contributed by atoms with Crippen LogP contribution in [0.25, 0.3) is 0 Å². The summed E-state index contributed by atoms with van der Waals surface area (Å²) >= 11 is 0.873. The van der Waals surface area contributed by atoms with Crippen LogP contribution in [-0.2, 0) is 0 Å². The number of aromatic nitrogens is 2. The molecule has 0 atom stereocenters. The lowest BCUT2D eigenvalue weighted by molar-refractivity contribution is -0.389. The SMILES string of the molecule is COc1ncnc(Sc2ccccc2C(=O)O)c1[N+](=O)[O-]. The topological polar surface area (TPSA) is 115 Å². The smallest absolute Gasteiger partial charge is 0.363 e. The van der Waals surface area contributed by atoms with Gasteiger partial charge < -0.3 is 9.84 Å². The van der Waals surface area contributed by atoms with Crippen LogP contribution in [0.1, 0.15) is 10.4 Å². The second kappa shape index (κ2) is 6.18. The summed E-state index contributed by atoms with van der Waals surface area (Å²) in [5.41, 5.74) is -0.362. The molecule has 0 spiro atoms. The highest BCUT2D eigenvalue weighted by Gasteiger charge is 2.25. The van der Waals surface area contributed by atoms with E-state index in [1.807, 2.05) is 0 Å². The van der Waals surface area contributed by atoms with Crippen molar-refractivity contribution in [2.24, 2.45) is 0 Å². The van der Waals surface area contributed by atoms with Gasteiger partial charge in [-0.25, -0.2) is 9.78 Å². The number of hydrogen-bond acceptors (Lipinski definition) is 7. The van der Waals surface area contributed by atoms with E-state index in [9.17, 15) is 14.9 Å². The number of nitrogens with zero attached hydrogens (tertiary/aromatic N) is 3. The van der Waals surface area contributed by atoms with E-state index in [1.165, 1.54) is 13.2 Å². The number of methoxy groups -OCH3 is 1. The maximum atomic E-state index is 11.1. The standard InChI is InChI=1S/C12H9N3O5S/c1-20-10-9(15(18)19)11(14-6-13-10)21-8-5-3-2-4-7(8)12(16)17/h2-6H,1H3,(H,16,17). The van der Waals surface area contributed by atoms with E-state index in [4.69, 9.17) is 9.84 Å². The van der Waals surface area contributed by atoms with E-state index in [1.54, 1.807) is 18.2 Å². The van der Waals surface area contributed by atoms with Gasteiger partial charge in [-0.05, 0) is 12.1 Å². The van der Waals surface area contributed by atoms with Crippen LogP contribution in [0.5, 0.6) is 5.88 Å². The Morgan fingerprint density at radius 1 is 1.38 bits per heavy atom. The van der Waals surface area contributed by atoms with Crippen LogP contribution in [0, 0.1) is 10.1 Å². The van der Waals surface area contributed by atoms with Gasteiger partial charge in [-0.1, -0.05) is 23.9 Å². The summed E-state index contributed by atoms with van der Waals surface area (Å²) in [5, 5.41) is 20.3. The molecule has 0 radical (unpaired) electrons. The van der Waals surface area contributed by atoms with E-state index in [0.29, 0.717) is 4.90 Å². The van der Waals surface area contributed by atoms with Gasteiger partial charge in [0.15, 0.2) is 5.03 Å². The summed E-state index contributed by atoms with van der Waals surface area (Å²) in [6, 6.07) is 6.17. The highest BCUT2D eigenvalue weighted by molar-refractivity contribution is 7.99. The maximum absolute atomic E-state index is 11.1. The minimum atomic E-state index is -1.12. The van der Waals surface area contributed by atoms with E-state index in [0.717, 1.165) is 18.1 Å². The third kappa shape index (κ3) is 3.08. The third-order valence-electron chi connectivity index (χ3n) is 2.46. The number of nitro groups is 1. The van der Waals surface area contributed by atoms with Crippen molar-refractivity contribution in [2.75, 3.05) is 7.11 Å². The van der Waals surface area contributed by atoms with Gasteiger partial charge in [-0.15, -0.1) is 0 Å². The van der Waals surface area contributed by atoms with Crippen molar-refractivity contribution in [3.8, 4) is 5.88 Å². The summed E-state index contributed by atoms with van der Waals surface area (Å²) < 4.78 is 4.84. The molecule has 0 saturated heterocycles. The number of carbonyl (C=O) groups is 1. The van der Waals surface area contributed by atoms with Crippen molar-refractivity contribution in [3.63, 3.8) is 0 Å². The number of carboxylic acids is 1. The Bertz CT molecular complexity index is 707. The number of benzene rings is 1. The summed E-state index contributed by atoms with van der Waals surface area (Å²) in [7, 11) is 1.26. The molecule has 2 rings (SSSR count). The molecule has 2 aromatic rings. The minimum absolute atomic E-state index is 0.0144. The normalized spacial score (nSPS) is 10.1. The van der Waals surface area contributed by atoms with Gasteiger partial charge in [0.25, 0.3) is 5.88 Å². The Labute approximate surface area is 123 Å². The highest BCUT2D eigenvalue weighted by Crippen LogP contribution is 2.38. The van der Waals surface area contributed by atoms with Gasteiger partial charge >= 0.3 is 11.7 Å². The minimum Gasteiger partial charge on any atom is -0.478 e. The zero-order chi connectivity index (χ0) is 15.4. The average Bonchev–Trinajstić information content (AvgIpc) is 2.47. The number of ether oxygens (including phenoxy) is 1.